The Labute approximate surface area is 130 Å². The fraction of sp³-hybridized carbons (Fsp3) is 0.667. The molecule has 1 aliphatic rings. The number of hydrogen-bond acceptors (Lipinski definition) is 6. The maximum absolute atomic E-state index is 11.9. The molecule has 0 radical (unpaired) electrons. The Bertz CT molecular complexity index is 428. The third-order valence-electron chi connectivity index (χ3n) is 3.33. The maximum atomic E-state index is 11.9. The second kappa shape index (κ2) is 9.19. The number of rotatable bonds is 7. The molecule has 0 atom stereocenters. The van der Waals surface area contributed by atoms with Crippen LogP contribution in [0.15, 0.2) is 12.2 Å². The zero-order valence-electron chi connectivity index (χ0n) is 13.3. The first kappa shape index (κ1) is 18.2. The van der Waals surface area contributed by atoms with Gasteiger partial charge in [-0.25, -0.2) is 4.79 Å². The number of carbonyl (C=O) groups excluding carboxylic acids is 3. The summed E-state index contributed by atoms with van der Waals surface area (Å²) in [5.41, 5.74) is 0.295. The summed E-state index contributed by atoms with van der Waals surface area (Å²) in [6.07, 6.45) is 0.188. The Morgan fingerprint density at radius 1 is 1.00 bits per heavy atom. The smallest absolute Gasteiger partial charge is 0.333 e. The lowest BCUT2D eigenvalue weighted by atomic mass is 10.2. The van der Waals surface area contributed by atoms with Gasteiger partial charge < -0.3 is 19.3 Å². The highest BCUT2D eigenvalue weighted by molar-refractivity contribution is 5.86. The second-order valence-corrected chi connectivity index (χ2v) is 5.32. The van der Waals surface area contributed by atoms with Crippen LogP contribution in [0.3, 0.4) is 0 Å². The zero-order valence-corrected chi connectivity index (χ0v) is 13.3. The highest BCUT2D eigenvalue weighted by atomic mass is 16.6. The van der Waals surface area contributed by atoms with Gasteiger partial charge in [0.25, 0.3) is 0 Å². The molecule has 124 valence electrons. The molecule has 0 bridgehead atoms. The molecule has 22 heavy (non-hydrogen) atoms. The van der Waals surface area contributed by atoms with Crippen molar-refractivity contribution in [2.45, 2.75) is 19.8 Å². The van der Waals surface area contributed by atoms with Crippen molar-refractivity contribution in [2.24, 2.45) is 0 Å². The number of esters is 2. The van der Waals surface area contributed by atoms with E-state index in [0.29, 0.717) is 18.7 Å². The minimum atomic E-state index is -0.513. The van der Waals surface area contributed by atoms with Crippen molar-refractivity contribution in [3.05, 3.63) is 12.2 Å². The molecule has 0 unspecified atom stereocenters. The van der Waals surface area contributed by atoms with Crippen molar-refractivity contribution in [1.29, 1.82) is 0 Å². The minimum Gasteiger partial charge on any atom is -0.462 e. The lowest BCUT2D eigenvalue weighted by Gasteiger charge is -2.32. The molecule has 0 aromatic carbocycles. The molecule has 0 aromatic rings. The molecular formula is C15H24N2O5. The Kier molecular flexibility index (Phi) is 7.59. The van der Waals surface area contributed by atoms with E-state index in [1.54, 1.807) is 4.90 Å². The standard InChI is InChI=1S/C15H24N2O5/c1-12(2)15(20)22-11-10-21-14(19)5-4-13(18)17-8-6-16(3)7-9-17/h1,4-11H2,2-3H3. The van der Waals surface area contributed by atoms with Gasteiger partial charge in [-0.2, -0.15) is 0 Å². The van der Waals surface area contributed by atoms with Gasteiger partial charge in [0, 0.05) is 38.2 Å². The molecule has 0 spiro atoms. The number of likely N-dealkylation sites (N-methyl/N-ethyl adjacent to an activating group) is 1. The summed E-state index contributed by atoms with van der Waals surface area (Å²) in [6, 6.07) is 0. The van der Waals surface area contributed by atoms with Gasteiger partial charge >= 0.3 is 11.9 Å². The third-order valence-corrected chi connectivity index (χ3v) is 3.33. The van der Waals surface area contributed by atoms with Crippen LogP contribution in [0.2, 0.25) is 0 Å². The van der Waals surface area contributed by atoms with E-state index in [1.165, 1.54) is 6.92 Å². The highest BCUT2D eigenvalue weighted by Gasteiger charge is 2.19. The Hall–Kier alpha value is -1.89. The molecule has 1 fully saturated rings. The van der Waals surface area contributed by atoms with E-state index in [-0.39, 0.29) is 32.0 Å². The predicted molar refractivity (Wildman–Crippen MR) is 80.0 cm³/mol. The van der Waals surface area contributed by atoms with Crippen molar-refractivity contribution in [2.75, 3.05) is 46.4 Å². The number of ether oxygens (including phenoxy) is 2. The number of nitrogens with zero attached hydrogens (tertiary/aromatic N) is 2. The second-order valence-electron chi connectivity index (χ2n) is 5.32. The van der Waals surface area contributed by atoms with E-state index >= 15 is 0 Å². The average molecular weight is 312 g/mol. The molecule has 0 aromatic heterocycles. The van der Waals surface area contributed by atoms with Gasteiger partial charge in [-0.1, -0.05) is 6.58 Å². The van der Waals surface area contributed by atoms with Crippen molar-refractivity contribution < 1.29 is 23.9 Å². The molecule has 0 aliphatic carbocycles. The first-order valence-corrected chi connectivity index (χ1v) is 7.34. The van der Waals surface area contributed by atoms with Crippen LogP contribution in [0.5, 0.6) is 0 Å². The number of amides is 1. The van der Waals surface area contributed by atoms with Crippen molar-refractivity contribution in [3.63, 3.8) is 0 Å². The monoisotopic (exact) mass is 312 g/mol. The van der Waals surface area contributed by atoms with E-state index in [4.69, 9.17) is 9.47 Å². The third kappa shape index (κ3) is 6.71. The quantitative estimate of drug-likeness (QED) is 0.380. The zero-order chi connectivity index (χ0) is 16.5. The molecule has 0 saturated carbocycles. The van der Waals surface area contributed by atoms with Crippen molar-refractivity contribution in [1.82, 2.24) is 9.80 Å². The fourth-order valence-electron chi connectivity index (χ4n) is 1.91. The highest BCUT2D eigenvalue weighted by Crippen LogP contribution is 2.04. The van der Waals surface area contributed by atoms with E-state index in [1.807, 2.05) is 7.05 Å². The fourth-order valence-corrected chi connectivity index (χ4v) is 1.91. The van der Waals surface area contributed by atoms with E-state index in [2.05, 4.69) is 11.5 Å². The van der Waals surface area contributed by atoms with Crippen LogP contribution in [-0.4, -0.2) is 74.1 Å². The number of carbonyl (C=O) groups is 3. The predicted octanol–water partition coefficient (Wildman–Crippen LogP) is 0.203. The normalized spacial score (nSPS) is 15.3. The summed E-state index contributed by atoms with van der Waals surface area (Å²) in [4.78, 5) is 38.4. The molecule has 0 N–H and O–H groups in total. The topological polar surface area (TPSA) is 76.1 Å². The number of piperazine rings is 1. The van der Waals surface area contributed by atoms with Gasteiger partial charge in [-0.3, -0.25) is 9.59 Å². The molecule has 7 nitrogen and oxygen atoms in total. The van der Waals surface area contributed by atoms with Crippen LogP contribution in [0.1, 0.15) is 19.8 Å². The molecule has 7 heteroatoms. The average Bonchev–Trinajstić information content (AvgIpc) is 2.49. The summed E-state index contributed by atoms with van der Waals surface area (Å²) in [5, 5.41) is 0. The Morgan fingerprint density at radius 3 is 2.18 bits per heavy atom. The van der Waals surface area contributed by atoms with Crippen LogP contribution < -0.4 is 0 Å². The Morgan fingerprint density at radius 2 is 1.59 bits per heavy atom. The number of hydrogen-bond donors (Lipinski definition) is 0. The Balaban J connectivity index is 2.11. The molecule has 1 heterocycles. The molecule has 1 saturated heterocycles. The van der Waals surface area contributed by atoms with Gasteiger partial charge in [-0.05, 0) is 14.0 Å². The SMILES string of the molecule is C=C(C)C(=O)OCCOC(=O)CCC(=O)N1CCN(C)CC1. The minimum absolute atomic E-state index is 0.0101. The van der Waals surface area contributed by atoms with Crippen molar-refractivity contribution in [3.8, 4) is 0 Å². The van der Waals surface area contributed by atoms with Crippen LogP contribution in [-0.2, 0) is 23.9 Å². The van der Waals surface area contributed by atoms with Gasteiger partial charge in [0.2, 0.25) is 5.91 Å². The van der Waals surface area contributed by atoms with Crippen LogP contribution in [0.4, 0.5) is 0 Å². The molecule has 1 rings (SSSR count). The molecule has 1 aliphatic heterocycles. The first-order valence-electron chi connectivity index (χ1n) is 7.34. The van der Waals surface area contributed by atoms with Gasteiger partial charge in [0.1, 0.15) is 13.2 Å². The van der Waals surface area contributed by atoms with Crippen LogP contribution >= 0.6 is 0 Å². The van der Waals surface area contributed by atoms with Crippen LogP contribution in [0, 0.1) is 0 Å². The molecular weight excluding hydrogens is 288 g/mol. The van der Waals surface area contributed by atoms with E-state index in [9.17, 15) is 14.4 Å². The lowest BCUT2D eigenvalue weighted by molar-refractivity contribution is -0.151. The largest absolute Gasteiger partial charge is 0.462 e. The van der Waals surface area contributed by atoms with Gasteiger partial charge in [-0.15, -0.1) is 0 Å². The lowest BCUT2D eigenvalue weighted by Crippen LogP contribution is -2.47. The molecule has 1 amide bonds. The first-order chi connectivity index (χ1) is 10.4. The van der Waals surface area contributed by atoms with E-state index < -0.39 is 11.9 Å². The summed E-state index contributed by atoms with van der Waals surface area (Å²) in [7, 11) is 2.01. The van der Waals surface area contributed by atoms with Gasteiger partial charge in [0.15, 0.2) is 0 Å². The van der Waals surface area contributed by atoms with Crippen LogP contribution in [0.25, 0.3) is 0 Å². The van der Waals surface area contributed by atoms with Gasteiger partial charge in [0.05, 0.1) is 6.42 Å². The summed E-state index contributed by atoms with van der Waals surface area (Å²) in [5.74, 6) is -1.01. The summed E-state index contributed by atoms with van der Waals surface area (Å²) >= 11 is 0. The van der Waals surface area contributed by atoms with E-state index in [0.717, 1.165) is 13.1 Å². The summed E-state index contributed by atoms with van der Waals surface area (Å²) in [6.45, 7) is 8.05. The van der Waals surface area contributed by atoms with Crippen molar-refractivity contribution >= 4 is 17.8 Å². The summed E-state index contributed by atoms with van der Waals surface area (Å²) < 4.78 is 9.69. The maximum Gasteiger partial charge on any atom is 0.333 e.